The van der Waals surface area contributed by atoms with Gasteiger partial charge in [-0.05, 0) is 30.7 Å². The number of nitrogens with one attached hydrogen (secondary N) is 1. The Morgan fingerprint density at radius 3 is 2.67 bits per heavy atom. The molecule has 9 heteroatoms. The quantitative estimate of drug-likeness (QED) is 0.464. The van der Waals surface area contributed by atoms with E-state index in [0.717, 1.165) is 5.56 Å². The van der Waals surface area contributed by atoms with Crippen molar-refractivity contribution in [1.82, 2.24) is 20.2 Å². The van der Waals surface area contributed by atoms with E-state index in [4.69, 9.17) is 29.0 Å². The minimum Gasteiger partial charge on any atom is -0.349 e. The summed E-state index contributed by atoms with van der Waals surface area (Å²) in [5, 5.41) is 12.4. The third-order valence-electron chi connectivity index (χ3n) is 3.85. The van der Waals surface area contributed by atoms with Gasteiger partial charge < -0.3 is 11.2 Å². The highest BCUT2D eigenvalue weighted by molar-refractivity contribution is 7.99. The molecule has 0 aliphatic rings. The van der Waals surface area contributed by atoms with Gasteiger partial charge >= 0.3 is 0 Å². The molecule has 0 saturated carbocycles. The molecule has 2 aromatic carbocycles. The van der Waals surface area contributed by atoms with Crippen LogP contribution in [0, 0.1) is 0 Å². The Kier molecular flexibility index (Phi) is 6.26. The first-order valence-corrected chi connectivity index (χ1v) is 9.83. The van der Waals surface area contributed by atoms with Gasteiger partial charge in [0, 0.05) is 10.6 Å². The Balaban J connectivity index is 1.63. The van der Waals surface area contributed by atoms with Crippen LogP contribution in [-0.4, -0.2) is 26.5 Å². The van der Waals surface area contributed by atoms with Crippen LogP contribution in [0.1, 0.15) is 18.5 Å². The zero-order valence-corrected chi connectivity index (χ0v) is 16.7. The third-order valence-corrected chi connectivity index (χ3v) is 5.34. The number of aromatic nitrogens is 3. The molecule has 1 unspecified atom stereocenters. The van der Waals surface area contributed by atoms with E-state index in [2.05, 4.69) is 15.5 Å². The molecule has 0 radical (unpaired) electrons. The molecule has 0 bridgehead atoms. The van der Waals surface area contributed by atoms with Gasteiger partial charge in [-0.1, -0.05) is 65.3 Å². The first-order chi connectivity index (χ1) is 13.0. The fourth-order valence-corrected chi connectivity index (χ4v) is 3.63. The molecule has 6 nitrogen and oxygen atoms in total. The summed E-state index contributed by atoms with van der Waals surface area (Å²) in [6.45, 7) is 1.93. The molecule has 0 saturated heterocycles. The second-order valence-corrected chi connectivity index (χ2v) is 7.58. The lowest BCUT2D eigenvalue weighted by atomic mass is 10.1. The Bertz CT molecular complexity index is 948. The average Bonchev–Trinajstić information content (AvgIpc) is 3.01. The fourth-order valence-electron chi connectivity index (χ4n) is 2.47. The predicted octanol–water partition coefficient (Wildman–Crippen LogP) is 3.94. The number of hydrogen-bond donors (Lipinski definition) is 2. The standard InChI is InChI=1S/C18H17Cl2N5OS/c1-11(12-5-3-2-4-6-12)22-16(26)10-27-18-24-23-17(25(18)21)14-8-7-13(19)9-15(14)20/h2-9,11H,10,21H2,1H3,(H,22,26). The first-order valence-electron chi connectivity index (χ1n) is 8.08. The van der Waals surface area contributed by atoms with Crippen LogP contribution in [-0.2, 0) is 4.79 Å². The van der Waals surface area contributed by atoms with Gasteiger partial charge in [0.1, 0.15) is 0 Å². The highest BCUT2D eigenvalue weighted by atomic mass is 35.5. The SMILES string of the molecule is CC(NC(=O)CSc1nnc(-c2ccc(Cl)cc2Cl)n1N)c1ccccc1. The third kappa shape index (κ3) is 4.74. The van der Waals surface area contributed by atoms with Gasteiger partial charge in [-0.25, -0.2) is 4.68 Å². The van der Waals surface area contributed by atoms with Crippen LogP contribution in [0.25, 0.3) is 11.4 Å². The van der Waals surface area contributed by atoms with E-state index in [1.54, 1.807) is 18.2 Å². The van der Waals surface area contributed by atoms with Crippen molar-refractivity contribution in [2.24, 2.45) is 0 Å². The van der Waals surface area contributed by atoms with Gasteiger partial charge in [-0.3, -0.25) is 4.79 Å². The van der Waals surface area contributed by atoms with Gasteiger partial charge in [-0.15, -0.1) is 10.2 Å². The molecule has 1 atom stereocenters. The number of thioether (sulfide) groups is 1. The Morgan fingerprint density at radius 1 is 1.22 bits per heavy atom. The molecule has 1 aromatic heterocycles. The van der Waals surface area contributed by atoms with Crippen LogP contribution >= 0.6 is 35.0 Å². The molecular formula is C18H17Cl2N5OS. The summed E-state index contributed by atoms with van der Waals surface area (Å²) in [7, 11) is 0. The lowest BCUT2D eigenvalue weighted by Crippen LogP contribution is -2.28. The van der Waals surface area contributed by atoms with Gasteiger partial charge in [0.25, 0.3) is 0 Å². The van der Waals surface area contributed by atoms with E-state index >= 15 is 0 Å². The molecule has 3 rings (SSSR count). The highest BCUT2D eigenvalue weighted by Crippen LogP contribution is 2.30. The van der Waals surface area contributed by atoms with Crippen molar-refractivity contribution in [3.05, 3.63) is 64.1 Å². The van der Waals surface area contributed by atoms with E-state index < -0.39 is 0 Å². The number of nitrogens with zero attached hydrogens (tertiary/aromatic N) is 3. The molecule has 3 aromatic rings. The monoisotopic (exact) mass is 421 g/mol. The van der Waals surface area contributed by atoms with Crippen LogP contribution in [0.3, 0.4) is 0 Å². The molecule has 0 fully saturated rings. The predicted molar refractivity (Wildman–Crippen MR) is 109 cm³/mol. The molecule has 1 heterocycles. The Morgan fingerprint density at radius 2 is 1.96 bits per heavy atom. The number of carbonyl (C=O) groups is 1. The number of benzene rings is 2. The first kappa shape index (κ1) is 19.5. The highest BCUT2D eigenvalue weighted by Gasteiger charge is 2.17. The smallest absolute Gasteiger partial charge is 0.230 e. The molecule has 140 valence electrons. The summed E-state index contributed by atoms with van der Waals surface area (Å²) in [6, 6.07) is 14.7. The summed E-state index contributed by atoms with van der Waals surface area (Å²) in [5.74, 6) is 6.52. The zero-order valence-electron chi connectivity index (χ0n) is 14.4. The maximum absolute atomic E-state index is 12.2. The molecule has 0 aliphatic carbocycles. The van der Waals surface area contributed by atoms with E-state index in [1.165, 1.54) is 16.4 Å². The van der Waals surface area contributed by atoms with Crippen LogP contribution in [0.2, 0.25) is 10.0 Å². The number of nitrogens with two attached hydrogens (primary N) is 1. The summed E-state index contributed by atoms with van der Waals surface area (Å²) in [4.78, 5) is 12.2. The molecule has 0 aliphatic heterocycles. The lowest BCUT2D eigenvalue weighted by molar-refractivity contribution is -0.119. The molecule has 1 amide bonds. The fraction of sp³-hybridized carbons (Fsp3) is 0.167. The minimum atomic E-state index is -0.120. The molecule has 27 heavy (non-hydrogen) atoms. The number of carbonyl (C=O) groups excluding carboxylic acids is 1. The van der Waals surface area contributed by atoms with Crippen LogP contribution in [0.15, 0.2) is 53.7 Å². The van der Waals surface area contributed by atoms with Gasteiger partial charge in [-0.2, -0.15) is 0 Å². The van der Waals surface area contributed by atoms with Crippen LogP contribution in [0.4, 0.5) is 0 Å². The van der Waals surface area contributed by atoms with E-state index in [-0.39, 0.29) is 17.7 Å². The summed E-state index contributed by atoms with van der Waals surface area (Å²) in [6.07, 6.45) is 0. The van der Waals surface area contributed by atoms with Crippen LogP contribution < -0.4 is 11.2 Å². The van der Waals surface area contributed by atoms with Crippen molar-refractivity contribution in [2.45, 2.75) is 18.1 Å². The second-order valence-electron chi connectivity index (χ2n) is 5.79. The van der Waals surface area contributed by atoms with Crippen molar-refractivity contribution in [2.75, 3.05) is 11.6 Å². The van der Waals surface area contributed by atoms with Crippen molar-refractivity contribution in [3.8, 4) is 11.4 Å². The van der Waals surface area contributed by atoms with Crippen LogP contribution in [0.5, 0.6) is 0 Å². The largest absolute Gasteiger partial charge is 0.349 e. The van der Waals surface area contributed by atoms with Gasteiger partial charge in [0.15, 0.2) is 5.82 Å². The van der Waals surface area contributed by atoms with E-state index in [0.29, 0.717) is 26.6 Å². The number of rotatable bonds is 6. The zero-order chi connectivity index (χ0) is 19.4. The maximum Gasteiger partial charge on any atom is 0.230 e. The second kappa shape index (κ2) is 8.65. The van der Waals surface area contributed by atoms with Crippen molar-refractivity contribution < 1.29 is 4.79 Å². The summed E-state index contributed by atoms with van der Waals surface area (Å²) in [5.41, 5.74) is 1.66. The lowest BCUT2D eigenvalue weighted by Gasteiger charge is -2.13. The van der Waals surface area contributed by atoms with Crippen molar-refractivity contribution in [1.29, 1.82) is 0 Å². The summed E-state index contributed by atoms with van der Waals surface area (Å²) >= 11 is 13.3. The molecule has 3 N–H and O–H groups in total. The van der Waals surface area contributed by atoms with Crippen molar-refractivity contribution >= 4 is 40.9 Å². The number of halogens is 2. The topological polar surface area (TPSA) is 85.8 Å². The molecule has 0 spiro atoms. The van der Waals surface area contributed by atoms with E-state index in [1.807, 2.05) is 37.3 Å². The number of hydrogen-bond acceptors (Lipinski definition) is 5. The van der Waals surface area contributed by atoms with Gasteiger partial charge in [0.2, 0.25) is 11.1 Å². The normalized spacial score (nSPS) is 12.0. The van der Waals surface area contributed by atoms with Crippen molar-refractivity contribution in [3.63, 3.8) is 0 Å². The Hall–Kier alpha value is -2.22. The minimum absolute atomic E-state index is 0.0847. The maximum atomic E-state index is 12.2. The average molecular weight is 422 g/mol. The molecular weight excluding hydrogens is 405 g/mol. The number of nitrogen functional groups attached to an aromatic ring is 1. The van der Waals surface area contributed by atoms with Gasteiger partial charge in [0.05, 0.1) is 16.8 Å². The Labute approximate surface area is 171 Å². The number of amides is 1. The van der Waals surface area contributed by atoms with E-state index in [9.17, 15) is 4.79 Å². The summed E-state index contributed by atoms with van der Waals surface area (Å²) < 4.78 is 1.31.